The highest BCUT2D eigenvalue weighted by molar-refractivity contribution is 6.31. The molecule has 0 unspecified atom stereocenters. The number of halogens is 1. The highest BCUT2D eigenvalue weighted by Crippen LogP contribution is 2.41. The van der Waals surface area contributed by atoms with Crippen molar-refractivity contribution < 1.29 is 9.47 Å². The van der Waals surface area contributed by atoms with E-state index >= 15 is 0 Å². The van der Waals surface area contributed by atoms with E-state index in [2.05, 4.69) is 16.0 Å². The number of hydrogen-bond acceptors (Lipinski definition) is 4. The summed E-state index contributed by atoms with van der Waals surface area (Å²) in [5, 5.41) is 0.841. The van der Waals surface area contributed by atoms with Crippen LogP contribution in [0.2, 0.25) is 5.02 Å². The molecule has 5 heteroatoms. The summed E-state index contributed by atoms with van der Waals surface area (Å²) in [5.41, 5.74) is 2.32. The fourth-order valence-corrected chi connectivity index (χ4v) is 4.05. The molecule has 2 aromatic rings. The lowest BCUT2D eigenvalue weighted by Gasteiger charge is -2.50. The first-order valence-corrected chi connectivity index (χ1v) is 9.19. The van der Waals surface area contributed by atoms with Crippen LogP contribution in [0.1, 0.15) is 17.5 Å². The quantitative estimate of drug-likeness (QED) is 0.791. The van der Waals surface area contributed by atoms with E-state index in [1.807, 2.05) is 30.3 Å². The molecule has 2 aliphatic rings. The van der Waals surface area contributed by atoms with E-state index < -0.39 is 0 Å². The molecule has 132 valence electrons. The number of aromatic nitrogens is 1. The molecule has 0 aliphatic carbocycles. The number of rotatable bonds is 6. The Morgan fingerprint density at radius 3 is 2.80 bits per heavy atom. The molecule has 0 N–H and O–H groups in total. The van der Waals surface area contributed by atoms with Gasteiger partial charge in [-0.05, 0) is 35.7 Å². The van der Waals surface area contributed by atoms with Gasteiger partial charge in [0.2, 0.25) is 0 Å². The van der Waals surface area contributed by atoms with Crippen molar-refractivity contribution in [3.8, 4) is 0 Å². The van der Waals surface area contributed by atoms with Crippen molar-refractivity contribution >= 4 is 11.6 Å². The summed E-state index contributed by atoms with van der Waals surface area (Å²) in [6.07, 6.45) is 4.69. The van der Waals surface area contributed by atoms with Crippen LogP contribution in [0, 0.1) is 5.92 Å². The Labute approximate surface area is 153 Å². The predicted octanol–water partition coefficient (Wildman–Crippen LogP) is 3.54. The van der Waals surface area contributed by atoms with Crippen LogP contribution >= 0.6 is 11.6 Å². The predicted molar refractivity (Wildman–Crippen MR) is 97.4 cm³/mol. The van der Waals surface area contributed by atoms with Gasteiger partial charge in [0, 0.05) is 49.6 Å². The molecule has 4 rings (SSSR count). The van der Waals surface area contributed by atoms with E-state index in [0.717, 1.165) is 49.9 Å². The zero-order valence-corrected chi connectivity index (χ0v) is 15.0. The van der Waals surface area contributed by atoms with Gasteiger partial charge in [0.15, 0.2) is 0 Å². The average molecular weight is 359 g/mol. The van der Waals surface area contributed by atoms with E-state index in [0.29, 0.717) is 12.5 Å². The molecule has 25 heavy (non-hydrogen) atoms. The first-order valence-electron chi connectivity index (χ1n) is 8.81. The van der Waals surface area contributed by atoms with Crippen LogP contribution in [0.4, 0.5) is 0 Å². The summed E-state index contributed by atoms with van der Waals surface area (Å²) in [6.45, 7) is 5.03. The topological polar surface area (TPSA) is 34.6 Å². The number of benzene rings is 1. The van der Waals surface area contributed by atoms with Gasteiger partial charge in [0.1, 0.15) is 0 Å². The lowest BCUT2D eigenvalue weighted by molar-refractivity contribution is -0.146. The molecule has 1 aromatic heterocycles. The number of hydrogen-bond donors (Lipinski definition) is 0. The lowest BCUT2D eigenvalue weighted by atomic mass is 9.81. The Morgan fingerprint density at radius 2 is 2.00 bits per heavy atom. The van der Waals surface area contributed by atoms with Crippen molar-refractivity contribution in [2.24, 2.45) is 5.92 Å². The van der Waals surface area contributed by atoms with E-state index in [1.54, 1.807) is 12.4 Å². The van der Waals surface area contributed by atoms with Crippen LogP contribution in [0.15, 0.2) is 48.8 Å². The van der Waals surface area contributed by atoms with Gasteiger partial charge >= 0.3 is 0 Å². The van der Waals surface area contributed by atoms with Crippen LogP contribution < -0.4 is 0 Å². The van der Waals surface area contributed by atoms with E-state index in [1.165, 1.54) is 5.56 Å². The van der Waals surface area contributed by atoms with Gasteiger partial charge in [-0.15, -0.1) is 0 Å². The monoisotopic (exact) mass is 358 g/mol. The minimum Gasteiger partial charge on any atom is -0.376 e. The van der Waals surface area contributed by atoms with Gasteiger partial charge in [0.05, 0.1) is 18.8 Å². The van der Waals surface area contributed by atoms with Gasteiger partial charge in [-0.1, -0.05) is 29.8 Å². The second-order valence-corrected chi connectivity index (χ2v) is 7.41. The van der Waals surface area contributed by atoms with Gasteiger partial charge in [-0.25, -0.2) is 0 Å². The van der Waals surface area contributed by atoms with Gasteiger partial charge in [-0.2, -0.15) is 0 Å². The molecule has 0 radical (unpaired) electrons. The first-order chi connectivity index (χ1) is 12.3. The van der Waals surface area contributed by atoms with Crippen LogP contribution in [-0.2, 0) is 22.6 Å². The Balaban J connectivity index is 1.28. The van der Waals surface area contributed by atoms with Gasteiger partial charge < -0.3 is 9.47 Å². The molecular formula is C20H23ClN2O2. The van der Waals surface area contributed by atoms with Crippen LogP contribution in [0.25, 0.3) is 0 Å². The molecule has 1 aromatic carbocycles. The highest BCUT2D eigenvalue weighted by Gasteiger charge is 2.52. The standard InChI is InChI=1S/C20H23ClN2O2/c21-19-4-2-1-3-17(19)11-23-14-20(15-23)18(7-10-25-20)13-24-12-16-5-8-22-9-6-16/h1-6,8-9,18H,7,10-15H2/t18-/m0/s1. The zero-order chi connectivity index (χ0) is 17.1. The van der Waals surface area contributed by atoms with Crippen LogP contribution in [0.3, 0.4) is 0 Å². The molecule has 2 saturated heterocycles. The van der Waals surface area contributed by atoms with Crippen molar-refractivity contribution in [3.63, 3.8) is 0 Å². The minimum absolute atomic E-state index is 0.0283. The van der Waals surface area contributed by atoms with Crippen molar-refractivity contribution in [1.82, 2.24) is 9.88 Å². The van der Waals surface area contributed by atoms with Crippen molar-refractivity contribution in [2.75, 3.05) is 26.3 Å². The van der Waals surface area contributed by atoms with Crippen LogP contribution in [0.5, 0.6) is 0 Å². The number of pyridine rings is 1. The molecule has 1 atom stereocenters. The summed E-state index contributed by atoms with van der Waals surface area (Å²) in [4.78, 5) is 6.44. The highest BCUT2D eigenvalue weighted by atomic mass is 35.5. The fraction of sp³-hybridized carbons (Fsp3) is 0.450. The minimum atomic E-state index is -0.0283. The number of ether oxygens (including phenoxy) is 2. The Morgan fingerprint density at radius 1 is 1.20 bits per heavy atom. The SMILES string of the molecule is Clc1ccccc1CN1CC2(C1)OCC[C@H]2COCc1ccncc1. The molecule has 3 heterocycles. The maximum atomic E-state index is 6.27. The fourth-order valence-electron chi connectivity index (χ4n) is 3.86. The largest absolute Gasteiger partial charge is 0.376 e. The molecule has 4 nitrogen and oxygen atoms in total. The maximum absolute atomic E-state index is 6.27. The summed E-state index contributed by atoms with van der Waals surface area (Å²) in [7, 11) is 0. The van der Waals surface area contributed by atoms with Gasteiger partial charge in [-0.3, -0.25) is 9.88 Å². The van der Waals surface area contributed by atoms with E-state index in [9.17, 15) is 0 Å². The smallest absolute Gasteiger partial charge is 0.0985 e. The molecular weight excluding hydrogens is 336 g/mol. The Kier molecular flexibility index (Phi) is 5.04. The second-order valence-electron chi connectivity index (χ2n) is 7.01. The molecule has 0 amide bonds. The normalized spacial score (nSPS) is 22.2. The third-order valence-corrected chi connectivity index (χ3v) is 5.64. The molecule has 1 spiro atoms. The van der Waals surface area contributed by atoms with E-state index in [4.69, 9.17) is 21.1 Å². The maximum Gasteiger partial charge on any atom is 0.0985 e. The summed E-state index contributed by atoms with van der Waals surface area (Å²) in [5.74, 6) is 0.469. The van der Waals surface area contributed by atoms with Crippen molar-refractivity contribution in [1.29, 1.82) is 0 Å². The molecule has 2 aliphatic heterocycles. The van der Waals surface area contributed by atoms with Gasteiger partial charge in [0.25, 0.3) is 0 Å². The molecule has 0 saturated carbocycles. The number of nitrogens with zero attached hydrogens (tertiary/aromatic N) is 2. The Bertz CT molecular complexity index is 704. The summed E-state index contributed by atoms with van der Waals surface area (Å²) < 4.78 is 12.1. The van der Waals surface area contributed by atoms with Crippen molar-refractivity contribution in [2.45, 2.75) is 25.2 Å². The zero-order valence-electron chi connectivity index (χ0n) is 14.2. The summed E-state index contributed by atoms with van der Waals surface area (Å²) in [6, 6.07) is 12.1. The first kappa shape index (κ1) is 17.0. The molecule has 0 bridgehead atoms. The third-order valence-electron chi connectivity index (χ3n) is 5.27. The van der Waals surface area contributed by atoms with E-state index in [-0.39, 0.29) is 5.60 Å². The third kappa shape index (κ3) is 3.72. The Hall–Kier alpha value is -1.46. The van der Waals surface area contributed by atoms with Crippen molar-refractivity contribution in [3.05, 3.63) is 64.9 Å². The number of likely N-dealkylation sites (tertiary alicyclic amines) is 1. The summed E-state index contributed by atoms with van der Waals surface area (Å²) >= 11 is 6.27. The average Bonchev–Trinajstić information content (AvgIpc) is 3.01. The molecule has 2 fully saturated rings. The van der Waals surface area contributed by atoms with Crippen LogP contribution in [-0.4, -0.2) is 41.8 Å². The lowest BCUT2D eigenvalue weighted by Crippen LogP contribution is -2.64. The second kappa shape index (κ2) is 7.42.